The minimum absolute atomic E-state index is 0.00202. The van der Waals surface area contributed by atoms with E-state index in [1.54, 1.807) is 0 Å². The van der Waals surface area contributed by atoms with Gasteiger partial charge in [-0.25, -0.2) is 4.79 Å². The van der Waals surface area contributed by atoms with E-state index >= 15 is 0 Å². The highest BCUT2D eigenvalue weighted by Crippen LogP contribution is 2.06. The zero-order valence-corrected chi connectivity index (χ0v) is 17.9. The van der Waals surface area contributed by atoms with Gasteiger partial charge in [0.1, 0.15) is 18.1 Å². The molecule has 1 rings (SSSR count). The van der Waals surface area contributed by atoms with Crippen molar-refractivity contribution in [3.63, 3.8) is 0 Å². The number of nitrogens with one attached hydrogen (secondary N) is 4. The molecular formula is C18H33N7O7. The summed E-state index contributed by atoms with van der Waals surface area (Å²) in [4.78, 5) is 52.4. The minimum atomic E-state index is -1.52. The number of aliphatic imine (C=N–C) groups is 1. The molecule has 5 unspecified atom stereocenters. The summed E-state index contributed by atoms with van der Waals surface area (Å²) in [6, 6.07) is -4.66. The molecule has 1 fully saturated rings. The molecule has 5 atom stereocenters. The number of aliphatic carboxylic acids is 1. The molecule has 0 aliphatic carbocycles. The van der Waals surface area contributed by atoms with Gasteiger partial charge in [-0.05, 0) is 39.2 Å². The van der Waals surface area contributed by atoms with Crippen LogP contribution in [0.25, 0.3) is 0 Å². The fourth-order valence-corrected chi connectivity index (χ4v) is 3.06. The van der Waals surface area contributed by atoms with Crippen LogP contribution in [-0.2, 0) is 19.2 Å². The topological polar surface area (TPSA) is 241 Å². The number of nitrogens with two attached hydrogens (primary N) is 2. The van der Waals surface area contributed by atoms with E-state index in [9.17, 15) is 34.5 Å². The monoisotopic (exact) mass is 459 g/mol. The van der Waals surface area contributed by atoms with Crippen LogP contribution in [0.4, 0.5) is 0 Å². The molecule has 1 aliphatic heterocycles. The molecule has 1 aliphatic rings. The Morgan fingerprint density at radius 2 is 1.81 bits per heavy atom. The molecule has 0 aromatic carbocycles. The highest BCUT2D eigenvalue weighted by Gasteiger charge is 2.33. The van der Waals surface area contributed by atoms with Crippen molar-refractivity contribution in [1.82, 2.24) is 21.3 Å². The van der Waals surface area contributed by atoms with Crippen LogP contribution in [0, 0.1) is 0 Å². The predicted octanol–water partition coefficient (Wildman–Crippen LogP) is -4.30. The van der Waals surface area contributed by atoms with Gasteiger partial charge >= 0.3 is 5.97 Å². The average molecular weight is 460 g/mol. The first-order chi connectivity index (χ1) is 15.1. The lowest BCUT2D eigenvalue weighted by molar-refractivity contribution is -0.143. The maximum absolute atomic E-state index is 12.5. The molecule has 14 nitrogen and oxygen atoms in total. The van der Waals surface area contributed by atoms with Crippen LogP contribution in [0.5, 0.6) is 0 Å². The zero-order chi connectivity index (χ0) is 24.3. The summed E-state index contributed by atoms with van der Waals surface area (Å²) in [5, 5.41) is 38.6. The third-order valence-electron chi connectivity index (χ3n) is 4.81. The molecule has 1 heterocycles. The summed E-state index contributed by atoms with van der Waals surface area (Å²) >= 11 is 0. The van der Waals surface area contributed by atoms with Gasteiger partial charge in [0.2, 0.25) is 17.7 Å². The number of guanidine groups is 1. The molecule has 0 bridgehead atoms. The van der Waals surface area contributed by atoms with Gasteiger partial charge in [0.05, 0.1) is 18.8 Å². The van der Waals surface area contributed by atoms with E-state index in [4.69, 9.17) is 11.5 Å². The van der Waals surface area contributed by atoms with Gasteiger partial charge in [-0.2, -0.15) is 0 Å². The van der Waals surface area contributed by atoms with Gasteiger partial charge in [0, 0.05) is 6.54 Å². The van der Waals surface area contributed by atoms with Crippen LogP contribution in [0.1, 0.15) is 32.6 Å². The number of amides is 3. The number of carbonyl (C=O) groups excluding carboxylic acids is 3. The first-order valence-electron chi connectivity index (χ1n) is 10.3. The van der Waals surface area contributed by atoms with E-state index in [0.29, 0.717) is 13.0 Å². The molecule has 0 aromatic heterocycles. The van der Waals surface area contributed by atoms with Crippen molar-refractivity contribution < 1.29 is 34.5 Å². The normalized spacial score (nSPS) is 19.2. The molecule has 11 N–H and O–H groups in total. The lowest BCUT2D eigenvalue weighted by Crippen LogP contribution is -2.60. The number of carboxylic acids is 1. The standard InChI is InChI=1S/C18H33N7O7/c1-9(27)13(16(30)23-11(17(31)32)5-3-7-22-18(19)20)25-15(29)12(8-26)24-14(28)10-4-2-6-21-10/h9-13,21,26-27H,2-8H2,1H3,(H,23,30)(H,24,28)(H,25,29)(H,31,32)(H4,19,20,22). The minimum Gasteiger partial charge on any atom is -0.480 e. The largest absolute Gasteiger partial charge is 0.480 e. The SMILES string of the molecule is CC(O)C(NC(=O)C(CO)NC(=O)C1CCCN1)C(=O)NC(CCCN=C(N)N)C(=O)O. The van der Waals surface area contributed by atoms with Gasteiger partial charge in [-0.15, -0.1) is 0 Å². The molecule has 32 heavy (non-hydrogen) atoms. The predicted molar refractivity (Wildman–Crippen MR) is 113 cm³/mol. The molecule has 3 amide bonds. The third-order valence-corrected chi connectivity index (χ3v) is 4.81. The fourth-order valence-electron chi connectivity index (χ4n) is 3.06. The Kier molecular flexibility index (Phi) is 11.4. The van der Waals surface area contributed by atoms with Crippen LogP contribution in [0.2, 0.25) is 0 Å². The summed E-state index contributed by atoms with van der Waals surface area (Å²) in [7, 11) is 0. The van der Waals surface area contributed by atoms with E-state index in [0.717, 1.165) is 6.42 Å². The van der Waals surface area contributed by atoms with Crippen molar-refractivity contribution in [2.45, 2.75) is 62.9 Å². The Hall–Kier alpha value is -2.97. The van der Waals surface area contributed by atoms with Crippen molar-refractivity contribution >= 4 is 29.7 Å². The first-order valence-corrected chi connectivity index (χ1v) is 10.3. The number of carboxylic acid groups (broad SMARTS) is 1. The molecule has 0 spiro atoms. The van der Waals surface area contributed by atoms with Crippen molar-refractivity contribution in [1.29, 1.82) is 0 Å². The van der Waals surface area contributed by atoms with Crippen molar-refractivity contribution in [2.24, 2.45) is 16.5 Å². The Labute approximate surface area is 185 Å². The smallest absolute Gasteiger partial charge is 0.326 e. The van der Waals surface area contributed by atoms with Crippen LogP contribution in [-0.4, -0.2) is 94.9 Å². The van der Waals surface area contributed by atoms with E-state index in [-0.39, 0.29) is 25.3 Å². The fraction of sp³-hybridized carbons (Fsp3) is 0.722. The summed E-state index contributed by atoms with van der Waals surface area (Å²) in [5.74, 6) is -3.78. The zero-order valence-electron chi connectivity index (χ0n) is 17.9. The number of rotatable bonds is 13. The maximum Gasteiger partial charge on any atom is 0.326 e. The molecule has 0 radical (unpaired) electrons. The Bertz CT molecular complexity index is 691. The number of hydrogen-bond acceptors (Lipinski definition) is 8. The highest BCUT2D eigenvalue weighted by atomic mass is 16.4. The van der Waals surface area contributed by atoms with Crippen LogP contribution < -0.4 is 32.7 Å². The molecule has 14 heteroatoms. The molecule has 0 saturated carbocycles. The Morgan fingerprint density at radius 3 is 2.31 bits per heavy atom. The van der Waals surface area contributed by atoms with Crippen LogP contribution in [0.3, 0.4) is 0 Å². The summed E-state index contributed by atoms with van der Waals surface area (Å²) in [6.07, 6.45) is 0.261. The highest BCUT2D eigenvalue weighted by molar-refractivity contribution is 5.94. The second-order valence-electron chi connectivity index (χ2n) is 7.47. The number of aliphatic hydroxyl groups excluding tert-OH is 2. The average Bonchev–Trinajstić information content (AvgIpc) is 3.26. The Balaban J connectivity index is 2.72. The molecule has 0 aromatic rings. The van der Waals surface area contributed by atoms with E-state index in [2.05, 4.69) is 26.3 Å². The lowest BCUT2D eigenvalue weighted by Gasteiger charge is -2.25. The Morgan fingerprint density at radius 1 is 1.12 bits per heavy atom. The quantitative estimate of drug-likeness (QED) is 0.0728. The maximum atomic E-state index is 12.5. The van der Waals surface area contributed by atoms with Gasteiger partial charge in [-0.3, -0.25) is 19.4 Å². The third kappa shape index (κ3) is 9.03. The number of carbonyl (C=O) groups is 4. The molecular weight excluding hydrogens is 426 g/mol. The summed E-state index contributed by atoms with van der Waals surface area (Å²) < 4.78 is 0. The first kappa shape index (κ1) is 27.1. The molecule has 182 valence electrons. The van der Waals surface area contributed by atoms with Gasteiger partial charge < -0.3 is 48.1 Å². The second kappa shape index (κ2) is 13.4. The lowest BCUT2D eigenvalue weighted by atomic mass is 10.1. The van der Waals surface area contributed by atoms with Gasteiger partial charge in [-0.1, -0.05) is 0 Å². The summed E-state index contributed by atoms with van der Waals surface area (Å²) in [5.41, 5.74) is 10.4. The summed E-state index contributed by atoms with van der Waals surface area (Å²) in [6.45, 7) is 1.32. The van der Waals surface area contributed by atoms with E-state index < -0.39 is 60.6 Å². The van der Waals surface area contributed by atoms with Gasteiger partial charge in [0.25, 0.3) is 0 Å². The van der Waals surface area contributed by atoms with E-state index in [1.165, 1.54) is 6.92 Å². The van der Waals surface area contributed by atoms with Crippen molar-refractivity contribution in [3.8, 4) is 0 Å². The second-order valence-corrected chi connectivity index (χ2v) is 7.47. The molecule has 1 saturated heterocycles. The van der Waals surface area contributed by atoms with E-state index in [1.807, 2.05) is 0 Å². The van der Waals surface area contributed by atoms with Crippen LogP contribution >= 0.6 is 0 Å². The number of aliphatic hydroxyl groups is 2. The number of hydrogen-bond donors (Lipinski definition) is 9. The van der Waals surface area contributed by atoms with Crippen LogP contribution in [0.15, 0.2) is 4.99 Å². The van der Waals surface area contributed by atoms with Crippen molar-refractivity contribution in [3.05, 3.63) is 0 Å². The van der Waals surface area contributed by atoms with Gasteiger partial charge in [0.15, 0.2) is 5.96 Å². The van der Waals surface area contributed by atoms with Crippen molar-refractivity contribution in [2.75, 3.05) is 19.7 Å². The number of nitrogens with zero attached hydrogens (tertiary/aromatic N) is 1.